The van der Waals surface area contributed by atoms with E-state index in [1.807, 2.05) is 0 Å². The van der Waals surface area contributed by atoms with E-state index in [1.54, 1.807) is 6.92 Å². The molecule has 0 spiro atoms. The summed E-state index contributed by atoms with van der Waals surface area (Å²) >= 11 is 0. The van der Waals surface area contributed by atoms with Crippen molar-refractivity contribution in [3.05, 3.63) is 0 Å². The second kappa shape index (κ2) is 3.67. The lowest BCUT2D eigenvalue weighted by Gasteiger charge is -2.41. The number of rotatable bonds is 3. The number of hydrogen-bond acceptors (Lipinski definition) is 1. The van der Waals surface area contributed by atoms with Gasteiger partial charge in [0.25, 0.3) is 0 Å². The van der Waals surface area contributed by atoms with E-state index in [9.17, 15) is 4.79 Å². The average Bonchev–Trinajstić information content (AvgIpc) is 2.29. The van der Waals surface area contributed by atoms with Crippen LogP contribution in [0, 0.1) is 16.7 Å². The van der Waals surface area contributed by atoms with E-state index in [0.717, 1.165) is 6.42 Å². The third kappa shape index (κ3) is 1.74. The van der Waals surface area contributed by atoms with Gasteiger partial charge in [-0.2, -0.15) is 0 Å². The highest BCUT2D eigenvalue weighted by molar-refractivity contribution is 5.75. The fourth-order valence-corrected chi connectivity index (χ4v) is 3.01. The number of carbonyl (C=O) groups is 1. The van der Waals surface area contributed by atoms with Gasteiger partial charge < -0.3 is 4.79 Å². The largest absolute Gasteiger partial charge is 0.300 e. The summed E-state index contributed by atoms with van der Waals surface area (Å²) in [5, 5.41) is 0. The summed E-state index contributed by atoms with van der Waals surface area (Å²) in [5.74, 6) is 0.952. The summed E-state index contributed by atoms with van der Waals surface area (Å²) in [6, 6.07) is 0. The van der Waals surface area contributed by atoms with Gasteiger partial charge in [-0.05, 0) is 36.5 Å². The first-order valence-corrected chi connectivity index (χ1v) is 5.83. The van der Waals surface area contributed by atoms with E-state index in [2.05, 4.69) is 27.7 Å². The van der Waals surface area contributed by atoms with E-state index in [4.69, 9.17) is 0 Å². The Labute approximate surface area is 88.3 Å². The summed E-state index contributed by atoms with van der Waals surface area (Å²) in [7, 11) is 0. The van der Waals surface area contributed by atoms with E-state index in [1.165, 1.54) is 19.3 Å². The fourth-order valence-electron chi connectivity index (χ4n) is 3.01. The normalized spacial score (nSPS) is 35.9. The Balaban J connectivity index is 2.80. The predicted molar refractivity (Wildman–Crippen MR) is 60.2 cm³/mol. The Kier molecular flexibility index (Phi) is 3.08. The minimum absolute atomic E-state index is 0.327. The van der Waals surface area contributed by atoms with Crippen molar-refractivity contribution in [1.29, 1.82) is 0 Å². The molecule has 0 heterocycles. The molecule has 0 radical (unpaired) electrons. The molecule has 1 aliphatic rings. The van der Waals surface area contributed by atoms with Gasteiger partial charge in [-0.1, -0.05) is 34.1 Å². The molecule has 0 amide bonds. The molecular formula is C13H24O. The smallest absolute Gasteiger partial charge is 0.130 e. The lowest BCUT2D eigenvalue weighted by molar-refractivity contribution is -0.118. The molecule has 2 atom stereocenters. The highest BCUT2D eigenvalue weighted by Crippen LogP contribution is 2.58. The molecule has 1 rings (SSSR count). The number of Topliss-reactive ketones (excluding diaryl/α,β-unsaturated/α-hetero) is 1. The van der Waals surface area contributed by atoms with Crippen LogP contribution in [0.5, 0.6) is 0 Å². The second-order valence-electron chi connectivity index (χ2n) is 5.78. The van der Waals surface area contributed by atoms with Crippen molar-refractivity contribution in [2.75, 3.05) is 0 Å². The van der Waals surface area contributed by atoms with Gasteiger partial charge in [-0.15, -0.1) is 0 Å². The van der Waals surface area contributed by atoms with E-state index >= 15 is 0 Å². The number of ketones is 1. The van der Waals surface area contributed by atoms with Crippen LogP contribution in [0.4, 0.5) is 0 Å². The standard InChI is InChI=1S/C13H24O/c1-6-13(5)8-7-11(9-10(2)14)12(13,3)4/h11H,6-9H2,1-5H3. The van der Waals surface area contributed by atoms with Crippen LogP contribution in [0.25, 0.3) is 0 Å². The van der Waals surface area contributed by atoms with Crippen molar-refractivity contribution in [3.63, 3.8) is 0 Å². The topological polar surface area (TPSA) is 17.1 Å². The van der Waals surface area contributed by atoms with Crippen LogP contribution in [0.2, 0.25) is 0 Å². The fraction of sp³-hybridized carbons (Fsp3) is 0.923. The third-order valence-electron chi connectivity index (χ3n) is 4.93. The summed E-state index contributed by atoms with van der Waals surface area (Å²) in [5.41, 5.74) is 0.764. The van der Waals surface area contributed by atoms with Crippen LogP contribution in [0.15, 0.2) is 0 Å². The molecule has 0 bridgehead atoms. The maximum Gasteiger partial charge on any atom is 0.130 e. The Morgan fingerprint density at radius 2 is 1.93 bits per heavy atom. The SMILES string of the molecule is CCC1(C)CCC(CC(C)=O)C1(C)C. The molecule has 0 aromatic heterocycles. The van der Waals surface area contributed by atoms with Crippen molar-refractivity contribution in [2.24, 2.45) is 16.7 Å². The van der Waals surface area contributed by atoms with Gasteiger partial charge in [0.2, 0.25) is 0 Å². The highest BCUT2D eigenvalue weighted by atomic mass is 16.1. The summed E-state index contributed by atoms with van der Waals surface area (Å²) in [4.78, 5) is 11.2. The van der Waals surface area contributed by atoms with Crippen molar-refractivity contribution in [2.45, 2.75) is 60.3 Å². The average molecular weight is 196 g/mol. The predicted octanol–water partition coefficient (Wildman–Crippen LogP) is 3.82. The molecule has 1 nitrogen and oxygen atoms in total. The third-order valence-corrected chi connectivity index (χ3v) is 4.93. The van der Waals surface area contributed by atoms with Crippen molar-refractivity contribution in [3.8, 4) is 0 Å². The molecule has 14 heavy (non-hydrogen) atoms. The highest BCUT2D eigenvalue weighted by Gasteiger charge is 2.49. The molecule has 1 aliphatic carbocycles. The zero-order chi connectivity index (χ0) is 11.0. The van der Waals surface area contributed by atoms with Gasteiger partial charge in [-0.25, -0.2) is 0 Å². The Bertz CT molecular complexity index is 229. The van der Waals surface area contributed by atoms with Crippen LogP contribution >= 0.6 is 0 Å². The lowest BCUT2D eigenvalue weighted by atomic mass is 9.64. The van der Waals surface area contributed by atoms with Gasteiger partial charge >= 0.3 is 0 Å². The zero-order valence-electron chi connectivity index (χ0n) is 10.3. The summed E-state index contributed by atoms with van der Waals surface area (Å²) in [6.45, 7) is 11.1. The Hall–Kier alpha value is -0.330. The first-order chi connectivity index (χ1) is 6.33. The summed E-state index contributed by atoms with van der Waals surface area (Å²) in [6.07, 6.45) is 4.53. The van der Waals surface area contributed by atoms with E-state index < -0.39 is 0 Å². The van der Waals surface area contributed by atoms with Crippen molar-refractivity contribution >= 4 is 5.78 Å². The maximum absolute atomic E-state index is 11.2. The maximum atomic E-state index is 11.2. The van der Waals surface area contributed by atoms with Gasteiger partial charge in [0, 0.05) is 6.42 Å². The number of hydrogen-bond donors (Lipinski definition) is 0. The Morgan fingerprint density at radius 3 is 2.29 bits per heavy atom. The lowest BCUT2D eigenvalue weighted by Crippen LogP contribution is -2.34. The van der Waals surface area contributed by atoms with Crippen LogP contribution < -0.4 is 0 Å². The van der Waals surface area contributed by atoms with Gasteiger partial charge in [-0.3, -0.25) is 0 Å². The minimum atomic E-state index is 0.327. The molecule has 0 aliphatic heterocycles. The van der Waals surface area contributed by atoms with Crippen molar-refractivity contribution < 1.29 is 4.79 Å². The number of carbonyl (C=O) groups excluding carboxylic acids is 1. The molecule has 0 aromatic carbocycles. The van der Waals surface area contributed by atoms with Crippen LogP contribution in [-0.2, 0) is 4.79 Å². The molecule has 1 heteroatoms. The molecular weight excluding hydrogens is 172 g/mol. The van der Waals surface area contributed by atoms with Gasteiger partial charge in [0.15, 0.2) is 0 Å². The quantitative estimate of drug-likeness (QED) is 0.670. The first-order valence-electron chi connectivity index (χ1n) is 5.83. The van der Waals surface area contributed by atoms with Crippen LogP contribution in [0.3, 0.4) is 0 Å². The molecule has 1 fully saturated rings. The van der Waals surface area contributed by atoms with E-state index in [0.29, 0.717) is 22.5 Å². The Morgan fingerprint density at radius 1 is 1.36 bits per heavy atom. The first kappa shape index (κ1) is 11.7. The van der Waals surface area contributed by atoms with Crippen molar-refractivity contribution in [1.82, 2.24) is 0 Å². The second-order valence-corrected chi connectivity index (χ2v) is 5.78. The molecule has 1 saturated carbocycles. The monoisotopic (exact) mass is 196 g/mol. The van der Waals surface area contributed by atoms with E-state index in [-0.39, 0.29) is 0 Å². The van der Waals surface area contributed by atoms with Gasteiger partial charge in [0.05, 0.1) is 0 Å². The molecule has 0 aromatic rings. The minimum Gasteiger partial charge on any atom is -0.300 e. The van der Waals surface area contributed by atoms with Crippen LogP contribution in [-0.4, -0.2) is 5.78 Å². The zero-order valence-corrected chi connectivity index (χ0v) is 10.3. The van der Waals surface area contributed by atoms with Crippen LogP contribution in [0.1, 0.15) is 60.3 Å². The van der Waals surface area contributed by atoms with Gasteiger partial charge in [0.1, 0.15) is 5.78 Å². The molecule has 0 saturated heterocycles. The molecule has 82 valence electrons. The molecule has 0 N–H and O–H groups in total. The molecule has 2 unspecified atom stereocenters. The summed E-state index contributed by atoms with van der Waals surface area (Å²) < 4.78 is 0.